The van der Waals surface area contributed by atoms with Gasteiger partial charge in [-0.25, -0.2) is 14.3 Å². The van der Waals surface area contributed by atoms with E-state index in [-0.39, 0.29) is 28.9 Å². The zero-order valence-corrected chi connectivity index (χ0v) is 21.5. The lowest BCUT2D eigenvalue weighted by atomic mass is 10.1. The van der Waals surface area contributed by atoms with E-state index in [2.05, 4.69) is 14.8 Å². The number of nitrogens with zero attached hydrogens (tertiary/aromatic N) is 4. The molecule has 2 aromatic heterocycles. The van der Waals surface area contributed by atoms with E-state index in [0.717, 1.165) is 5.69 Å². The highest BCUT2D eigenvalue weighted by Crippen LogP contribution is 2.32. The van der Waals surface area contributed by atoms with Gasteiger partial charge in [-0.2, -0.15) is 5.10 Å². The van der Waals surface area contributed by atoms with E-state index in [4.69, 9.17) is 16.3 Å². The van der Waals surface area contributed by atoms with Crippen LogP contribution in [0.3, 0.4) is 0 Å². The van der Waals surface area contributed by atoms with Crippen LogP contribution in [0, 0.1) is 0 Å². The van der Waals surface area contributed by atoms with E-state index in [1.165, 1.54) is 33.7 Å². The predicted molar refractivity (Wildman–Crippen MR) is 129 cm³/mol. The number of hydrogen-bond donors (Lipinski definition) is 0. The molecule has 7 nitrogen and oxygen atoms in total. The molecule has 0 bridgehead atoms. The molecule has 0 unspecified atom stereocenters. The van der Waals surface area contributed by atoms with Crippen molar-refractivity contribution in [3.63, 3.8) is 0 Å². The summed E-state index contributed by atoms with van der Waals surface area (Å²) in [6, 6.07) is 6.99. The molecule has 2 heterocycles. The lowest BCUT2D eigenvalue weighted by molar-refractivity contribution is -0.274. The average molecular weight is 515 g/mol. The van der Waals surface area contributed by atoms with Gasteiger partial charge < -0.3 is 9.47 Å². The van der Waals surface area contributed by atoms with Gasteiger partial charge in [0.05, 0.1) is 24.1 Å². The molecule has 0 aliphatic rings. The highest BCUT2D eigenvalue weighted by atomic mass is 35.5. The third-order valence-electron chi connectivity index (χ3n) is 4.47. The van der Waals surface area contributed by atoms with Crippen LogP contribution in [0.25, 0.3) is 5.65 Å². The second-order valence-corrected chi connectivity index (χ2v) is 9.03. The van der Waals surface area contributed by atoms with Crippen LogP contribution in [-0.4, -0.2) is 32.7 Å². The maximum atomic E-state index is 13.2. The molecular weight excluding hydrogens is 485 g/mol. The van der Waals surface area contributed by atoms with E-state index >= 15 is 0 Å². The number of benzene rings is 1. The first-order chi connectivity index (χ1) is 16.2. The number of anilines is 1. The van der Waals surface area contributed by atoms with E-state index < -0.39 is 23.8 Å². The second-order valence-electron chi connectivity index (χ2n) is 8.65. The molecule has 192 valence electrons. The SMILES string of the molecule is CC.CC(C)c1cnc2c(N(Cc3ccccc3OC(F)(F)F)C(=O)OC(C)(C)C)cc(Cl)nn12. The summed E-state index contributed by atoms with van der Waals surface area (Å²) in [6.07, 6.45) is -4.07. The maximum absolute atomic E-state index is 13.2. The van der Waals surface area contributed by atoms with Crippen molar-refractivity contribution in [1.82, 2.24) is 14.6 Å². The number of hydrogen-bond acceptors (Lipinski definition) is 5. The molecule has 0 aliphatic carbocycles. The number of imidazole rings is 1. The Hall–Kier alpha value is -3.01. The smallest absolute Gasteiger partial charge is 0.443 e. The lowest BCUT2D eigenvalue weighted by Gasteiger charge is -2.28. The fourth-order valence-corrected chi connectivity index (χ4v) is 3.31. The number of carbonyl (C=O) groups is 1. The molecule has 0 radical (unpaired) electrons. The number of fused-ring (bicyclic) bond motifs is 1. The van der Waals surface area contributed by atoms with Gasteiger partial charge in [0.1, 0.15) is 11.4 Å². The Kier molecular flexibility index (Phi) is 9.00. The predicted octanol–water partition coefficient (Wildman–Crippen LogP) is 7.37. The van der Waals surface area contributed by atoms with E-state index in [9.17, 15) is 18.0 Å². The molecule has 0 atom stereocenters. The second kappa shape index (κ2) is 11.2. The van der Waals surface area contributed by atoms with Gasteiger partial charge in [0, 0.05) is 11.6 Å². The third kappa shape index (κ3) is 7.48. The van der Waals surface area contributed by atoms with Gasteiger partial charge in [-0.15, -0.1) is 13.2 Å². The summed E-state index contributed by atoms with van der Waals surface area (Å²) >= 11 is 6.25. The molecule has 35 heavy (non-hydrogen) atoms. The summed E-state index contributed by atoms with van der Waals surface area (Å²) < 4.78 is 50.0. The number of ether oxygens (including phenoxy) is 2. The Bertz CT molecular complexity index is 1160. The minimum Gasteiger partial charge on any atom is -0.443 e. The summed E-state index contributed by atoms with van der Waals surface area (Å²) in [7, 11) is 0. The largest absolute Gasteiger partial charge is 0.573 e. The molecule has 1 aromatic carbocycles. The van der Waals surface area contributed by atoms with Crippen LogP contribution in [0.2, 0.25) is 5.15 Å². The van der Waals surface area contributed by atoms with Gasteiger partial charge in [0.25, 0.3) is 0 Å². The molecule has 0 fully saturated rings. The molecule has 3 aromatic rings. The van der Waals surface area contributed by atoms with Crippen molar-refractivity contribution in [1.29, 1.82) is 0 Å². The van der Waals surface area contributed by atoms with Crippen LogP contribution >= 0.6 is 11.6 Å². The first kappa shape index (κ1) is 28.2. The number of para-hydroxylation sites is 1. The summed E-state index contributed by atoms with van der Waals surface area (Å²) in [5.41, 5.74) is 0.547. The quantitative estimate of drug-likeness (QED) is 0.355. The van der Waals surface area contributed by atoms with E-state index in [1.54, 1.807) is 33.0 Å². The Morgan fingerprint density at radius 2 is 1.80 bits per heavy atom. The van der Waals surface area contributed by atoms with Crippen molar-refractivity contribution >= 4 is 29.0 Å². The molecule has 3 rings (SSSR count). The molecule has 0 spiro atoms. The maximum Gasteiger partial charge on any atom is 0.573 e. The fourth-order valence-electron chi connectivity index (χ4n) is 3.13. The number of rotatable bonds is 5. The highest BCUT2D eigenvalue weighted by Gasteiger charge is 2.33. The van der Waals surface area contributed by atoms with Crippen molar-refractivity contribution in [2.75, 3.05) is 4.90 Å². The molecule has 0 saturated carbocycles. The number of carbonyl (C=O) groups excluding carboxylic acids is 1. The summed E-state index contributed by atoms with van der Waals surface area (Å²) in [4.78, 5) is 18.8. The topological polar surface area (TPSA) is 69.0 Å². The average Bonchev–Trinajstić information content (AvgIpc) is 3.15. The lowest BCUT2D eigenvalue weighted by Crippen LogP contribution is -2.37. The first-order valence-corrected chi connectivity index (χ1v) is 11.5. The van der Waals surface area contributed by atoms with E-state index in [0.29, 0.717) is 5.65 Å². The van der Waals surface area contributed by atoms with Crippen molar-refractivity contribution < 1.29 is 27.4 Å². The minimum atomic E-state index is -4.89. The molecule has 1 amide bonds. The van der Waals surface area contributed by atoms with E-state index in [1.807, 2.05) is 27.7 Å². The molecule has 0 N–H and O–H groups in total. The Morgan fingerprint density at radius 1 is 1.17 bits per heavy atom. The van der Waals surface area contributed by atoms with Crippen LogP contribution in [0.4, 0.5) is 23.7 Å². The highest BCUT2D eigenvalue weighted by molar-refractivity contribution is 6.29. The number of amides is 1. The normalized spacial score (nSPS) is 11.8. The fraction of sp³-hybridized carbons (Fsp3) is 0.458. The molecule has 0 aliphatic heterocycles. The number of alkyl halides is 3. The van der Waals surface area contributed by atoms with Crippen LogP contribution in [0.5, 0.6) is 5.75 Å². The van der Waals surface area contributed by atoms with Gasteiger partial charge in [0.15, 0.2) is 10.8 Å². The van der Waals surface area contributed by atoms with Crippen LogP contribution in [0.1, 0.15) is 65.6 Å². The zero-order valence-electron chi connectivity index (χ0n) is 20.8. The minimum absolute atomic E-state index is 0.0507. The van der Waals surface area contributed by atoms with Crippen LogP contribution in [-0.2, 0) is 11.3 Å². The number of halogens is 4. The van der Waals surface area contributed by atoms with Gasteiger partial charge in [-0.05, 0) is 32.8 Å². The third-order valence-corrected chi connectivity index (χ3v) is 4.65. The monoisotopic (exact) mass is 514 g/mol. The molecular formula is C24H30ClF3N4O3. The molecule has 11 heteroatoms. The summed E-state index contributed by atoms with van der Waals surface area (Å²) in [5, 5.41) is 4.35. The number of aromatic nitrogens is 3. The Balaban J connectivity index is 0.00000210. The first-order valence-electron chi connectivity index (χ1n) is 11.1. The van der Waals surface area contributed by atoms with Gasteiger partial charge in [-0.3, -0.25) is 4.90 Å². The Labute approximate surface area is 207 Å². The van der Waals surface area contributed by atoms with Crippen molar-refractivity contribution in [2.24, 2.45) is 0 Å². The van der Waals surface area contributed by atoms with Crippen molar-refractivity contribution in [3.05, 3.63) is 52.9 Å². The molecule has 0 saturated heterocycles. The standard InChI is InChI=1S/C22H24ClF3N4O3.C2H6/c1-13(2)16-11-27-19-15(10-18(23)28-30(16)19)29(20(31)33-21(3,4)5)12-14-8-6-7-9-17(14)32-22(24,25)26;1-2/h6-11,13H,12H2,1-5H3;1-2H3. The van der Waals surface area contributed by atoms with Crippen LogP contribution < -0.4 is 9.64 Å². The Morgan fingerprint density at radius 3 is 2.37 bits per heavy atom. The zero-order chi connectivity index (χ0) is 26.6. The van der Waals surface area contributed by atoms with Gasteiger partial charge >= 0.3 is 12.5 Å². The van der Waals surface area contributed by atoms with Gasteiger partial charge in [-0.1, -0.05) is 57.5 Å². The van der Waals surface area contributed by atoms with Crippen molar-refractivity contribution in [3.8, 4) is 5.75 Å². The van der Waals surface area contributed by atoms with Gasteiger partial charge in [0.2, 0.25) is 0 Å². The summed E-state index contributed by atoms with van der Waals surface area (Å²) in [5.74, 6) is -0.379. The van der Waals surface area contributed by atoms with Crippen LogP contribution in [0.15, 0.2) is 36.5 Å². The summed E-state index contributed by atoms with van der Waals surface area (Å²) in [6.45, 7) is 12.7. The van der Waals surface area contributed by atoms with Crippen molar-refractivity contribution in [2.45, 2.75) is 72.9 Å².